The van der Waals surface area contributed by atoms with Gasteiger partial charge in [0, 0.05) is 11.5 Å². The van der Waals surface area contributed by atoms with Gasteiger partial charge in [-0.2, -0.15) is 0 Å². The Bertz CT molecular complexity index is 552. The van der Waals surface area contributed by atoms with Crippen molar-refractivity contribution in [3.63, 3.8) is 0 Å². The van der Waals surface area contributed by atoms with Gasteiger partial charge >= 0.3 is 0 Å². The maximum Gasteiger partial charge on any atom is 0.0762 e. The fourth-order valence-electron chi connectivity index (χ4n) is 5.47. The van der Waals surface area contributed by atoms with Crippen LogP contribution in [0.3, 0.4) is 0 Å². The van der Waals surface area contributed by atoms with Crippen LogP contribution in [0.1, 0.15) is 61.8 Å². The second kappa shape index (κ2) is 4.82. The Kier molecular flexibility index (Phi) is 3.16. The van der Waals surface area contributed by atoms with Gasteiger partial charge in [0.2, 0.25) is 0 Å². The fraction of sp³-hybridized carbons (Fsp3) is 0.684. The largest absolute Gasteiger partial charge is 0.389 e. The Balaban J connectivity index is 1.87. The van der Waals surface area contributed by atoms with Crippen LogP contribution in [0.25, 0.3) is 0 Å². The Labute approximate surface area is 128 Å². The average Bonchev–Trinajstić information content (AvgIpc) is 2.50. The normalized spacial score (nSPS) is 36.7. The van der Waals surface area contributed by atoms with Crippen LogP contribution < -0.4 is 0 Å². The first-order chi connectivity index (χ1) is 10.1. The van der Waals surface area contributed by atoms with E-state index < -0.39 is 0 Å². The first kappa shape index (κ1) is 13.8. The number of likely N-dealkylation sites (tertiary alicyclic amines) is 1. The zero-order chi connectivity index (χ0) is 14.6. The molecule has 1 aromatic carbocycles. The monoisotopic (exact) mass is 285 g/mol. The molecule has 0 radical (unpaired) electrons. The Morgan fingerprint density at radius 2 is 2.14 bits per heavy atom. The molecule has 1 aromatic rings. The van der Waals surface area contributed by atoms with E-state index in [1.807, 2.05) is 6.92 Å². The van der Waals surface area contributed by atoms with Gasteiger partial charge in [-0.05, 0) is 68.8 Å². The fourth-order valence-corrected chi connectivity index (χ4v) is 5.47. The molecule has 2 aliphatic carbocycles. The zero-order valence-corrected chi connectivity index (χ0v) is 13.3. The number of likely N-dealkylation sites (N-methyl/N-ethyl adjacent to an activating group) is 1. The number of aliphatic hydroxyl groups excluding tert-OH is 1. The lowest BCUT2D eigenvalue weighted by Crippen LogP contribution is -2.59. The van der Waals surface area contributed by atoms with Gasteiger partial charge in [-0.3, -0.25) is 0 Å². The van der Waals surface area contributed by atoms with Gasteiger partial charge in [0.1, 0.15) is 0 Å². The Morgan fingerprint density at radius 3 is 2.95 bits per heavy atom. The standard InChI is InChI=1S/C19H27NO/c1-13(21)14-6-7-15-12-18-16-5-3-4-8-19(16,17(15)11-14)9-10-20(18)2/h6-7,11,13,16,18,21H,3-5,8-10,12H2,1-2H3/t13-,16-,18+,19+/m0/s1. The van der Waals surface area contributed by atoms with Crippen LogP contribution in [0.5, 0.6) is 0 Å². The van der Waals surface area contributed by atoms with E-state index in [1.54, 1.807) is 11.1 Å². The molecule has 1 heterocycles. The van der Waals surface area contributed by atoms with E-state index in [-0.39, 0.29) is 6.10 Å². The van der Waals surface area contributed by atoms with Crippen molar-refractivity contribution in [2.45, 2.75) is 63.0 Å². The highest BCUT2D eigenvalue weighted by molar-refractivity contribution is 5.44. The van der Waals surface area contributed by atoms with E-state index in [9.17, 15) is 5.11 Å². The van der Waals surface area contributed by atoms with Gasteiger partial charge in [-0.25, -0.2) is 0 Å². The lowest BCUT2D eigenvalue weighted by molar-refractivity contribution is 0.00271. The lowest BCUT2D eigenvalue weighted by atomic mass is 9.52. The number of hydrogen-bond acceptors (Lipinski definition) is 2. The average molecular weight is 285 g/mol. The molecule has 1 N–H and O–H groups in total. The molecule has 1 aliphatic heterocycles. The van der Waals surface area contributed by atoms with Crippen LogP contribution >= 0.6 is 0 Å². The second-order valence-electron chi connectivity index (χ2n) is 7.60. The summed E-state index contributed by atoms with van der Waals surface area (Å²) >= 11 is 0. The van der Waals surface area contributed by atoms with Crippen molar-refractivity contribution >= 4 is 0 Å². The SMILES string of the molecule is C[C@H](O)c1ccc2c(c1)[C@@]13CCCC[C@H]1[C@@H](C2)N(C)CC3. The van der Waals surface area contributed by atoms with Crippen molar-refractivity contribution in [3.05, 3.63) is 34.9 Å². The Hall–Kier alpha value is -0.860. The summed E-state index contributed by atoms with van der Waals surface area (Å²) in [6.07, 6.45) is 7.70. The van der Waals surface area contributed by atoms with E-state index >= 15 is 0 Å². The molecule has 3 aliphatic rings. The maximum absolute atomic E-state index is 9.98. The van der Waals surface area contributed by atoms with Crippen molar-refractivity contribution in [1.29, 1.82) is 0 Å². The smallest absolute Gasteiger partial charge is 0.0762 e. The second-order valence-corrected chi connectivity index (χ2v) is 7.60. The summed E-state index contributed by atoms with van der Waals surface area (Å²) in [7, 11) is 2.32. The van der Waals surface area contributed by atoms with Crippen LogP contribution in [0, 0.1) is 5.92 Å². The van der Waals surface area contributed by atoms with Crippen molar-refractivity contribution in [2.24, 2.45) is 5.92 Å². The van der Waals surface area contributed by atoms with E-state index in [0.717, 1.165) is 17.5 Å². The summed E-state index contributed by atoms with van der Waals surface area (Å²) in [5, 5.41) is 9.98. The number of hydrogen-bond donors (Lipinski definition) is 1. The van der Waals surface area contributed by atoms with Gasteiger partial charge in [0.15, 0.2) is 0 Å². The van der Waals surface area contributed by atoms with E-state index in [2.05, 4.69) is 30.1 Å². The van der Waals surface area contributed by atoms with Crippen LogP contribution in [-0.2, 0) is 11.8 Å². The molecule has 0 aromatic heterocycles. The number of benzene rings is 1. The Morgan fingerprint density at radius 1 is 1.29 bits per heavy atom. The van der Waals surface area contributed by atoms with Crippen molar-refractivity contribution in [1.82, 2.24) is 4.90 Å². The van der Waals surface area contributed by atoms with Crippen LogP contribution in [0.15, 0.2) is 18.2 Å². The summed E-state index contributed by atoms with van der Waals surface area (Å²) < 4.78 is 0. The molecule has 2 nitrogen and oxygen atoms in total. The van der Waals surface area contributed by atoms with Gasteiger partial charge in [0.05, 0.1) is 6.10 Å². The minimum absolute atomic E-state index is 0.349. The number of fused-ring (bicyclic) bond motifs is 1. The highest BCUT2D eigenvalue weighted by Crippen LogP contribution is 2.55. The molecule has 2 bridgehead atoms. The third-order valence-electron chi connectivity index (χ3n) is 6.62. The summed E-state index contributed by atoms with van der Waals surface area (Å²) in [4.78, 5) is 2.61. The van der Waals surface area contributed by atoms with Crippen molar-refractivity contribution in [2.75, 3.05) is 13.6 Å². The van der Waals surface area contributed by atoms with Crippen LogP contribution in [0.2, 0.25) is 0 Å². The molecule has 4 rings (SSSR count). The molecular formula is C19H27NO. The van der Waals surface area contributed by atoms with Gasteiger partial charge in [0.25, 0.3) is 0 Å². The third-order valence-corrected chi connectivity index (χ3v) is 6.62. The van der Waals surface area contributed by atoms with Crippen LogP contribution in [0.4, 0.5) is 0 Å². The minimum atomic E-state index is -0.349. The quantitative estimate of drug-likeness (QED) is 0.854. The molecule has 2 fully saturated rings. The van der Waals surface area contributed by atoms with Gasteiger partial charge in [-0.1, -0.05) is 31.0 Å². The first-order valence-corrected chi connectivity index (χ1v) is 8.63. The molecule has 0 spiro atoms. The number of piperidine rings is 1. The highest BCUT2D eigenvalue weighted by Gasteiger charge is 2.52. The molecule has 1 saturated carbocycles. The summed E-state index contributed by atoms with van der Waals surface area (Å²) in [6, 6.07) is 7.53. The zero-order valence-electron chi connectivity index (χ0n) is 13.3. The predicted octanol–water partition coefficient (Wildman–Crippen LogP) is 3.43. The summed E-state index contributed by atoms with van der Waals surface area (Å²) in [6.45, 7) is 3.12. The highest BCUT2D eigenvalue weighted by atomic mass is 16.3. The number of aliphatic hydroxyl groups is 1. The van der Waals surface area contributed by atoms with E-state index in [0.29, 0.717) is 5.41 Å². The molecule has 21 heavy (non-hydrogen) atoms. The van der Waals surface area contributed by atoms with Gasteiger partial charge in [-0.15, -0.1) is 0 Å². The summed E-state index contributed by atoms with van der Waals surface area (Å²) in [5.41, 5.74) is 4.65. The van der Waals surface area contributed by atoms with E-state index in [1.165, 1.54) is 45.1 Å². The molecule has 1 saturated heterocycles. The summed E-state index contributed by atoms with van der Waals surface area (Å²) in [5.74, 6) is 0.835. The van der Waals surface area contributed by atoms with Crippen molar-refractivity contribution < 1.29 is 5.11 Å². The molecule has 4 atom stereocenters. The predicted molar refractivity (Wildman–Crippen MR) is 85.5 cm³/mol. The van der Waals surface area contributed by atoms with Crippen molar-refractivity contribution in [3.8, 4) is 0 Å². The third kappa shape index (κ3) is 1.92. The first-order valence-electron chi connectivity index (χ1n) is 8.63. The molecule has 0 amide bonds. The van der Waals surface area contributed by atoms with Gasteiger partial charge < -0.3 is 10.0 Å². The topological polar surface area (TPSA) is 23.5 Å². The number of rotatable bonds is 1. The molecule has 0 unspecified atom stereocenters. The molecule has 2 heteroatoms. The maximum atomic E-state index is 9.98. The minimum Gasteiger partial charge on any atom is -0.389 e. The molecule has 114 valence electrons. The number of nitrogens with zero attached hydrogens (tertiary/aromatic N) is 1. The molecular weight excluding hydrogens is 258 g/mol. The van der Waals surface area contributed by atoms with E-state index in [4.69, 9.17) is 0 Å². The van der Waals surface area contributed by atoms with Crippen LogP contribution in [-0.4, -0.2) is 29.6 Å². The lowest BCUT2D eigenvalue weighted by Gasteiger charge is -2.58.